The standard InChI is InChI=1S/C19H17N3O4S/c1-10-17(26-15-6-4-3-5-14(15)25-10)18(24)22-19-21-13-8-7-12(20-11(2)23)9-16(13)27-19/h3-10,17H,1-2H3,(H,20,23)(H,21,22,24)/t10-,17-/m0/s1. The summed E-state index contributed by atoms with van der Waals surface area (Å²) in [6.07, 6.45) is -1.21. The Bertz CT molecular complexity index is 1030. The van der Waals surface area contributed by atoms with Gasteiger partial charge in [-0.25, -0.2) is 4.98 Å². The molecule has 2 N–H and O–H groups in total. The summed E-state index contributed by atoms with van der Waals surface area (Å²) >= 11 is 1.33. The Balaban J connectivity index is 1.51. The molecule has 1 aliphatic rings. The fourth-order valence-corrected chi connectivity index (χ4v) is 3.75. The molecular weight excluding hydrogens is 366 g/mol. The van der Waals surface area contributed by atoms with Crippen LogP contribution in [0.15, 0.2) is 42.5 Å². The highest BCUT2D eigenvalue weighted by Gasteiger charge is 2.34. The average molecular weight is 383 g/mol. The van der Waals surface area contributed by atoms with Gasteiger partial charge in [-0.2, -0.15) is 0 Å². The third-order valence-electron chi connectivity index (χ3n) is 4.04. The maximum absolute atomic E-state index is 12.7. The van der Waals surface area contributed by atoms with Crippen molar-refractivity contribution in [1.29, 1.82) is 0 Å². The number of thiazole rings is 1. The molecule has 8 heteroatoms. The maximum Gasteiger partial charge on any atom is 0.271 e. The number of amides is 2. The van der Waals surface area contributed by atoms with Gasteiger partial charge in [-0.05, 0) is 37.3 Å². The van der Waals surface area contributed by atoms with Gasteiger partial charge in [0.05, 0.1) is 10.2 Å². The third-order valence-corrected chi connectivity index (χ3v) is 4.97. The first-order valence-corrected chi connectivity index (χ1v) is 9.22. The summed E-state index contributed by atoms with van der Waals surface area (Å²) in [6, 6.07) is 12.6. The Kier molecular flexibility index (Phi) is 4.41. The van der Waals surface area contributed by atoms with Crippen LogP contribution in [0.1, 0.15) is 13.8 Å². The molecule has 2 amide bonds. The SMILES string of the molecule is CC(=O)Nc1ccc2nc(NC(=O)[C@H]3Oc4ccccc4O[C@H]3C)sc2c1. The van der Waals surface area contributed by atoms with E-state index in [1.54, 1.807) is 31.2 Å². The number of hydrogen-bond donors (Lipinski definition) is 2. The molecule has 0 aliphatic carbocycles. The van der Waals surface area contributed by atoms with E-state index in [-0.39, 0.29) is 11.8 Å². The van der Waals surface area contributed by atoms with Crippen molar-refractivity contribution < 1.29 is 19.1 Å². The number of rotatable bonds is 3. The summed E-state index contributed by atoms with van der Waals surface area (Å²) < 4.78 is 12.4. The lowest BCUT2D eigenvalue weighted by atomic mass is 10.1. The molecule has 0 radical (unpaired) electrons. The highest BCUT2D eigenvalue weighted by Crippen LogP contribution is 2.34. The molecule has 1 aromatic heterocycles. The van der Waals surface area contributed by atoms with Crippen LogP contribution >= 0.6 is 11.3 Å². The first kappa shape index (κ1) is 17.3. The lowest BCUT2D eigenvalue weighted by Gasteiger charge is -2.30. The predicted octanol–water partition coefficient (Wildman–Crippen LogP) is 3.42. The minimum Gasteiger partial charge on any atom is -0.482 e. The molecule has 0 saturated carbocycles. The third kappa shape index (κ3) is 3.56. The van der Waals surface area contributed by atoms with E-state index >= 15 is 0 Å². The fraction of sp³-hybridized carbons (Fsp3) is 0.211. The zero-order valence-corrected chi connectivity index (χ0v) is 15.5. The molecule has 0 fully saturated rings. The second kappa shape index (κ2) is 6.88. The molecule has 2 aromatic carbocycles. The maximum atomic E-state index is 12.7. The van der Waals surface area contributed by atoms with E-state index < -0.39 is 12.2 Å². The number of nitrogens with zero attached hydrogens (tertiary/aromatic N) is 1. The molecular formula is C19H17N3O4S. The van der Waals surface area contributed by atoms with Gasteiger partial charge in [0.2, 0.25) is 12.0 Å². The van der Waals surface area contributed by atoms with Crippen LogP contribution < -0.4 is 20.1 Å². The van der Waals surface area contributed by atoms with Crippen LogP contribution in [0.2, 0.25) is 0 Å². The summed E-state index contributed by atoms with van der Waals surface area (Å²) in [5.74, 6) is 0.703. The quantitative estimate of drug-likeness (QED) is 0.723. The number of ether oxygens (including phenoxy) is 2. The zero-order valence-electron chi connectivity index (χ0n) is 14.7. The van der Waals surface area contributed by atoms with E-state index in [1.165, 1.54) is 18.3 Å². The van der Waals surface area contributed by atoms with Crippen molar-refractivity contribution in [2.45, 2.75) is 26.1 Å². The molecule has 7 nitrogen and oxygen atoms in total. The van der Waals surface area contributed by atoms with Gasteiger partial charge in [-0.1, -0.05) is 23.5 Å². The number of aromatic nitrogens is 1. The minimum absolute atomic E-state index is 0.142. The second-order valence-electron chi connectivity index (χ2n) is 6.18. The Labute approximate surface area is 159 Å². The molecule has 0 unspecified atom stereocenters. The van der Waals surface area contributed by atoms with Crippen molar-refractivity contribution in [1.82, 2.24) is 4.98 Å². The zero-order chi connectivity index (χ0) is 19.0. The van der Waals surface area contributed by atoms with Gasteiger partial charge in [-0.3, -0.25) is 14.9 Å². The molecule has 2 heterocycles. The van der Waals surface area contributed by atoms with E-state index in [4.69, 9.17) is 9.47 Å². The van der Waals surface area contributed by atoms with Crippen LogP contribution in [-0.4, -0.2) is 29.0 Å². The van der Waals surface area contributed by atoms with E-state index in [0.29, 0.717) is 22.3 Å². The number of carbonyl (C=O) groups excluding carboxylic acids is 2. The van der Waals surface area contributed by atoms with Crippen LogP contribution in [-0.2, 0) is 9.59 Å². The van der Waals surface area contributed by atoms with Crippen LogP contribution in [0.3, 0.4) is 0 Å². The molecule has 0 bridgehead atoms. The van der Waals surface area contributed by atoms with Gasteiger partial charge in [0.1, 0.15) is 6.10 Å². The van der Waals surface area contributed by atoms with Crippen molar-refractivity contribution in [2.75, 3.05) is 10.6 Å². The highest BCUT2D eigenvalue weighted by molar-refractivity contribution is 7.22. The van der Waals surface area contributed by atoms with Crippen LogP contribution in [0.5, 0.6) is 11.5 Å². The first-order chi connectivity index (χ1) is 13.0. The van der Waals surface area contributed by atoms with Crippen molar-refractivity contribution in [2.24, 2.45) is 0 Å². The van der Waals surface area contributed by atoms with Gasteiger partial charge < -0.3 is 14.8 Å². The summed E-state index contributed by atoms with van der Waals surface area (Å²) in [7, 11) is 0. The van der Waals surface area contributed by atoms with E-state index in [9.17, 15) is 9.59 Å². The van der Waals surface area contributed by atoms with Crippen molar-refractivity contribution in [3.63, 3.8) is 0 Å². The van der Waals surface area contributed by atoms with Gasteiger partial charge in [-0.15, -0.1) is 0 Å². The number of nitrogens with one attached hydrogen (secondary N) is 2. The van der Waals surface area contributed by atoms with E-state index in [2.05, 4.69) is 15.6 Å². The molecule has 1 aliphatic heterocycles. The topological polar surface area (TPSA) is 89.6 Å². The van der Waals surface area contributed by atoms with Gasteiger partial charge in [0.25, 0.3) is 5.91 Å². The number of hydrogen-bond acceptors (Lipinski definition) is 6. The summed E-state index contributed by atoms with van der Waals surface area (Å²) in [5.41, 5.74) is 1.43. The predicted molar refractivity (Wildman–Crippen MR) is 104 cm³/mol. The Morgan fingerprint density at radius 3 is 2.56 bits per heavy atom. The summed E-state index contributed by atoms with van der Waals surface area (Å²) in [4.78, 5) is 28.3. The van der Waals surface area contributed by atoms with Gasteiger partial charge >= 0.3 is 0 Å². The monoisotopic (exact) mass is 383 g/mol. The molecule has 4 rings (SSSR count). The van der Waals surface area contributed by atoms with Crippen LogP contribution in [0.25, 0.3) is 10.2 Å². The lowest BCUT2D eigenvalue weighted by Crippen LogP contribution is -2.46. The summed E-state index contributed by atoms with van der Waals surface area (Å²) in [6.45, 7) is 3.24. The molecule has 2 atom stereocenters. The van der Waals surface area contributed by atoms with Crippen LogP contribution in [0, 0.1) is 0 Å². The fourth-order valence-electron chi connectivity index (χ4n) is 2.84. The highest BCUT2D eigenvalue weighted by atomic mass is 32.1. The largest absolute Gasteiger partial charge is 0.482 e. The minimum atomic E-state index is -0.776. The van der Waals surface area contributed by atoms with E-state index in [1.807, 2.05) is 18.2 Å². The number of fused-ring (bicyclic) bond motifs is 2. The normalized spacial score (nSPS) is 18.1. The molecule has 0 spiro atoms. The molecule has 3 aromatic rings. The summed E-state index contributed by atoms with van der Waals surface area (Å²) in [5, 5.41) is 5.99. The average Bonchev–Trinajstić information content (AvgIpc) is 3.02. The molecule has 0 saturated heterocycles. The Hall–Kier alpha value is -3.13. The van der Waals surface area contributed by atoms with Crippen LogP contribution in [0.4, 0.5) is 10.8 Å². The number of benzene rings is 2. The van der Waals surface area contributed by atoms with Gasteiger partial charge in [0, 0.05) is 12.6 Å². The lowest BCUT2D eigenvalue weighted by molar-refractivity contribution is -0.128. The smallest absolute Gasteiger partial charge is 0.271 e. The van der Waals surface area contributed by atoms with Gasteiger partial charge in [0.15, 0.2) is 16.6 Å². The number of carbonyl (C=O) groups is 2. The van der Waals surface area contributed by atoms with Crippen molar-refractivity contribution in [3.8, 4) is 11.5 Å². The Morgan fingerprint density at radius 2 is 1.81 bits per heavy atom. The second-order valence-corrected chi connectivity index (χ2v) is 7.21. The van der Waals surface area contributed by atoms with Crippen molar-refractivity contribution in [3.05, 3.63) is 42.5 Å². The molecule has 27 heavy (non-hydrogen) atoms. The molecule has 138 valence electrons. The van der Waals surface area contributed by atoms with Crippen molar-refractivity contribution >= 4 is 44.2 Å². The number of anilines is 2. The Morgan fingerprint density at radius 1 is 1.07 bits per heavy atom. The van der Waals surface area contributed by atoms with E-state index in [0.717, 1.165) is 10.2 Å². The first-order valence-electron chi connectivity index (χ1n) is 8.41. The number of para-hydroxylation sites is 2.